The SMILES string of the molecule is CCc1ccc(-n2c(=S)[nH]c3cc(C)ccc32)cc1. The predicted octanol–water partition coefficient (Wildman–Crippen LogP) is 4.56. The molecular weight excluding hydrogens is 252 g/mol. The van der Waals surface area contributed by atoms with Crippen LogP contribution in [0.3, 0.4) is 0 Å². The van der Waals surface area contributed by atoms with Gasteiger partial charge in [0.15, 0.2) is 4.77 Å². The minimum atomic E-state index is 0.741. The van der Waals surface area contributed by atoms with E-state index < -0.39 is 0 Å². The Kier molecular flexibility index (Phi) is 2.99. The Morgan fingerprint density at radius 3 is 2.53 bits per heavy atom. The molecule has 2 aromatic carbocycles. The third-order valence-electron chi connectivity index (χ3n) is 3.44. The van der Waals surface area contributed by atoms with Crippen LogP contribution in [0.2, 0.25) is 0 Å². The number of hydrogen-bond acceptors (Lipinski definition) is 1. The topological polar surface area (TPSA) is 20.7 Å². The average Bonchev–Trinajstić information content (AvgIpc) is 2.74. The van der Waals surface area contributed by atoms with Crippen molar-refractivity contribution < 1.29 is 0 Å². The van der Waals surface area contributed by atoms with Gasteiger partial charge in [0.1, 0.15) is 0 Å². The quantitative estimate of drug-likeness (QED) is 0.676. The van der Waals surface area contributed by atoms with Crippen LogP contribution in [0.4, 0.5) is 0 Å². The Labute approximate surface area is 117 Å². The lowest BCUT2D eigenvalue weighted by Crippen LogP contribution is -1.94. The molecule has 0 aliphatic rings. The second kappa shape index (κ2) is 4.67. The van der Waals surface area contributed by atoms with Gasteiger partial charge in [-0.1, -0.05) is 25.1 Å². The van der Waals surface area contributed by atoms with Gasteiger partial charge in [-0.05, 0) is 61.0 Å². The first-order valence-electron chi connectivity index (χ1n) is 6.50. The Morgan fingerprint density at radius 1 is 1.11 bits per heavy atom. The van der Waals surface area contributed by atoms with E-state index in [1.807, 2.05) is 0 Å². The van der Waals surface area contributed by atoms with E-state index >= 15 is 0 Å². The maximum absolute atomic E-state index is 5.45. The normalized spacial score (nSPS) is 11.1. The van der Waals surface area contributed by atoms with Gasteiger partial charge < -0.3 is 4.98 Å². The van der Waals surface area contributed by atoms with Gasteiger partial charge in [-0.25, -0.2) is 0 Å². The zero-order chi connectivity index (χ0) is 13.4. The fourth-order valence-electron chi connectivity index (χ4n) is 2.36. The Bertz CT molecular complexity index is 779. The number of benzene rings is 2. The van der Waals surface area contributed by atoms with Gasteiger partial charge in [-0.3, -0.25) is 4.57 Å². The van der Waals surface area contributed by atoms with Crippen LogP contribution in [-0.2, 0) is 6.42 Å². The van der Waals surface area contributed by atoms with E-state index in [4.69, 9.17) is 12.2 Å². The highest BCUT2D eigenvalue weighted by Gasteiger charge is 2.06. The highest BCUT2D eigenvalue weighted by molar-refractivity contribution is 7.71. The molecule has 0 aliphatic heterocycles. The molecule has 3 aromatic rings. The van der Waals surface area contributed by atoms with Gasteiger partial charge in [-0.15, -0.1) is 0 Å². The van der Waals surface area contributed by atoms with Crippen LogP contribution in [0, 0.1) is 11.7 Å². The monoisotopic (exact) mass is 268 g/mol. The van der Waals surface area contributed by atoms with E-state index in [0.717, 1.165) is 27.9 Å². The molecule has 0 amide bonds. The van der Waals surface area contributed by atoms with E-state index in [2.05, 4.69) is 65.9 Å². The van der Waals surface area contributed by atoms with Gasteiger partial charge >= 0.3 is 0 Å². The van der Waals surface area contributed by atoms with E-state index in [0.29, 0.717) is 0 Å². The lowest BCUT2D eigenvalue weighted by molar-refractivity contribution is 1.05. The van der Waals surface area contributed by atoms with Crippen molar-refractivity contribution in [2.75, 3.05) is 0 Å². The summed E-state index contributed by atoms with van der Waals surface area (Å²) in [7, 11) is 0. The van der Waals surface area contributed by atoms with Crippen molar-refractivity contribution in [3.05, 3.63) is 58.4 Å². The van der Waals surface area contributed by atoms with Gasteiger partial charge in [0.25, 0.3) is 0 Å². The number of aromatic nitrogens is 2. The molecule has 0 unspecified atom stereocenters. The minimum absolute atomic E-state index is 0.741. The van der Waals surface area contributed by atoms with Crippen LogP contribution in [0.25, 0.3) is 16.7 Å². The standard InChI is InChI=1S/C16H16N2S/c1-3-12-5-7-13(8-6-12)18-15-9-4-11(2)10-14(15)17-16(18)19/h4-10H,3H2,1-2H3,(H,17,19). The zero-order valence-electron chi connectivity index (χ0n) is 11.1. The molecule has 0 saturated heterocycles. The molecular formula is C16H16N2S. The van der Waals surface area contributed by atoms with Crippen molar-refractivity contribution >= 4 is 23.3 Å². The lowest BCUT2D eigenvalue weighted by atomic mass is 10.1. The van der Waals surface area contributed by atoms with Crippen molar-refractivity contribution in [3.8, 4) is 5.69 Å². The summed E-state index contributed by atoms with van der Waals surface area (Å²) in [4.78, 5) is 3.27. The number of H-pyrrole nitrogens is 1. The molecule has 0 aliphatic carbocycles. The summed E-state index contributed by atoms with van der Waals surface area (Å²) >= 11 is 5.45. The Morgan fingerprint density at radius 2 is 1.84 bits per heavy atom. The minimum Gasteiger partial charge on any atom is -0.330 e. The summed E-state index contributed by atoms with van der Waals surface area (Å²) in [6.45, 7) is 4.25. The highest BCUT2D eigenvalue weighted by Crippen LogP contribution is 2.21. The average molecular weight is 268 g/mol. The van der Waals surface area contributed by atoms with E-state index in [9.17, 15) is 0 Å². The molecule has 1 N–H and O–H groups in total. The number of fused-ring (bicyclic) bond motifs is 1. The number of aromatic amines is 1. The number of nitrogens with zero attached hydrogens (tertiary/aromatic N) is 1. The highest BCUT2D eigenvalue weighted by atomic mass is 32.1. The van der Waals surface area contributed by atoms with Crippen LogP contribution < -0.4 is 0 Å². The van der Waals surface area contributed by atoms with Crippen LogP contribution in [-0.4, -0.2) is 9.55 Å². The second-order valence-electron chi connectivity index (χ2n) is 4.81. The molecule has 3 rings (SSSR count). The van der Waals surface area contributed by atoms with Crippen LogP contribution in [0.5, 0.6) is 0 Å². The Balaban J connectivity index is 2.23. The predicted molar refractivity (Wildman–Crippen MR) is 82.6 cm³/mol. The van der Waals surface area contributed by atoms with Crippen molar-refractivity contribution in [1.29, 1.82) is 0 Å². The molecule has 0 bridgehead atoms. The number of imidazole rings is 1. The van der Waals surface area contributed by atoms with Crippen molar-refractivity contribution in [2.24, 2.45) is 0 Å². The molecule has 0 atom stereocenters. The number of aryl methyl sites for hydroxylation is 2. The fourth-order valence-corrected chi connectivity index (χ4v) is 2.68. The Hall–Kier alpha value is -1.87. The summed E-state index contributed by atoms with van der Waals surface area (Å²) in [6, 6.07) is 14.9. The maximum Gasteiger partial charge on any atom is 0.182 e. The van der Waals surface area contributed by atoms with Crippen LogP contribution >= 0.6 is 12.2 Å². The summed E-state index contributed by atoms with van der Waals surface area (Å²) in [5.74, 6) is 0. The molecule has 1 aromatic heterocycles. The summed E-state index contributed by atoms with van der Waals surface area (Å²) in [5, 5.41) is 0. The first-order chi connectivity index (χ1) is 9.19. The summed E-state index contributed by atoms with van der Waals surface area (Å²) < 4.78 is 2.83. The van der Waals surface area contributed by atoms with Gasteiger partial charge in [0.2, 0.25) is 0 Å². The molecule has 0 fully saturated rings. The third-order valence-corrected chi connectivity index (χ3v) is 3.73. The fraction of sp³-hybridized carbons (Fsp3) is 0.188. The van der Waals surface area contributed by atoms with E-state index in [1.165, 1.54) is 11.1 Å². The molecule has 1 heterocycles. The molecule has 19 heavy (non-hydrogen) atoms. The van der Waals surface area contributed by atoms with Gasteiger partial charge in [0, 0.05) is 5.69 Å². The molecule has 2 nitrogen and oxygen atoms in total. The van der Waals surface area contributed by atoms with Crippen molar-refractivity contribution in [3.63, 3.8) is 0 Å². The smallest absolute Gasteiger partial charge is 0.182 e. The zero-order valence-corrected chi connectivity index (χ0v) is 11.9. The van der Waals surface area contributed by atoms with Gasteiger partial charge in [-0.2, -0.15) is 0 Å². The largest absolute Gasteiger partial charge is 0.330 e. The molecule has 0 spiro atoms. The first-order valence-corrected chi connectivity index (χ1v) is 6.90. The van der Waals surface area contributed by atoms with Crippen molar-refractivity contribution in [2.45, 2.75) is 20.3 Å². The lowest BCUT2D eigenvalue weighted by Gasteiger charge is -2.05. The molecule has 3 heteroatoms. The van der Waals surface area contributed by atoms with Crippen LogP contribution in [0.15, 0.2) is 42.5 Å². The van der Waals surface area contributed by atoms with Gasteiger partial charge in [0.05, 0.1) is 11.0 Å². The maximum atomic E-state index is 5.45. The second-order valence-corrected chi connectivity index (χ2v) is 5.19. The van der Waals surface area contributed by atoms with E-state index in [-0.39, 0.29) is 0 Å². The van der Waals surface area contributed by atoms with Crippen molar-refractivity contribution in [1.82, 2.24) is 9.55 Å². The molecule has 96 valence electrons. The number of rotatable bonds is 2. The van der Waals surface area contributed by atoms with Crippen LogP contribution in [0.1, 0.15) is 18.1 Å². The molecule has 0 radical (unpaired) electrons. The first kappa shape index (κ1) is 12.2. The third kappa shape index (κ3) is 2.10. The van der Waals surface area contributed by atoms with E-state index in [1.54, 1.807) is 0 Å². The summed E-state index contributed by atoms with van der Waals surface area (Å²) in [5.41, 5.74) is 5.89. The summed E-state index contributed by atoms with van der Waals surface area (Å²) in [6.07, 6.45) is 1.05. The number of nitrogens with one attached hydrogen (secondary N) is 1. The molecule has 0 saturated carbocycles. The number of hydrogen-bond donors (Lipinski definition) is 1.